The van der Waals surface area contributed by atoms with Crippen LogP contribution in [-0.2, 0) is 21.1 Å². The van der Waals surface area contributed by atoms with Crippen molar-refractivity contribution in [3.63, 3.8) is 0 Å². The number of carbonyl (C=O) groups is 1. The van der Waals surface area contributed by atoms with Crippen molar-refractivity contribution >= 4 is 16.1 Å². The van der Waals surface area contributed by atoms with Crippen molar-refractivity contribution in [3.05, 3.63) is 29.8 Å². The summed E-state index contributed by atoms with van der Waals surface area (Å²) in [6.45, 7) is 0. The lowest BCUT2D eigenvalue weighted by molar-refractivity contribution is -0.107. The van der Waals surface area contributed by atoms with Crippen LogP contribution in [0.5, 0.6) is 0 Å². The summed E-state index contributed by atoms with van der Waals surface area (Å²) >= 11 is 0. The van der Waals surface area contributed by atoms with E-state index in [0.717, 1.165) is 6.29 Å². The highest BCUT2D eigenvalue weighted by Crippen LogP contribution is 2.16. The maximum atomic E-state index is 11.3. The van der Waals surface area contributed by atoms with Gasteiger partial charge in [0.05, 0.1) is 4.90 Å². The summed E-state index contributed by atoms with van der Waals surface area (Å²) in [7, 11) is -3.18. The second-order valence-electron chi connectivity index (χ2n) is 3.09. The molecular weight excluding hydrogens is 200 g/mol. The molecule has 1 aromatic rings. The van der Waals surface area contributed by atoms with Gasteiger partial charge in [-0.25, -0.2) is 8.42 Å². The standard InChI is InChI=1S/C10H12O3S/c1-14(12,13)10-7-3-2-5-9(10)6-4-8-11/h2-3,5,7-8H,4,6H2,1H3. The van der Waals surface area contributed by atoms with Gasteiger partial charge in [-0.3, -0.25) is 0 Å². The Morgan fingerprint density at radius 3 is 2.50 bits per heavy atom. The molecule has 0 unspecified atom stereocenters. The Morgan fingerprint density at radius 2 is 1.93 bits per heavy atom. The van der Waals surface area contributed by atoms with Gasteiger partial charge in [-0.1, -0.05) is 18.2 Å². The van der Waals surface area contributed by atoms with Crippen LogP contribution in [0.2, 0.25) is 0 Å². The molecule has 1 aromatic carbocycles. The third-order valence-corrected chi connectivity index (χ3v) is 3.10. The monoisotopic (exact) mass is 212 g/mol. The highest BCUT2D eigenvalue weighted by Gasteiger charge is 2.11. The minimum atomic E-state index is -3.18. The molecule has 0 heterocycles. The van der Waals surface area contributed by atoms with Crippen molar-refractivity contribution in [2.45, 2.75) is 17.7 Å². The van der Waals surface area contributed by atoms with Gasteiger partial charge in [-0.15, -0.1) is 0 Å². The molecule has 0 aliphatic heterocycles. The van der Waals surface area contributed by atoms with Crippen LogP contribution in [0.4, 0.5) is 0 Å². The Balaban J connectivity index is 3.10. The average Bonchev–Trinajstić information content (AvgIpc) is 2.14. The normalized spacial score (nSPS) is 11.2. The third kappa shape index (κ3) is 2.67. The van der Waals surface area contributed by atoms with Gasteiger partial charge in [0, 0.05) is 12.7 Å². The summed E-state index contributed by atoms with van der Waals surface area (Å²) in [6.07, 6.45) is 2.80. The van der Waals surface area contributed by atoms with Gasteiger partial charge < -0.3 is 4.79 Å². The summed E-state index contributed by atoms with van der Waals surface area (Å²) in [5.41, 5.74) is 0.710. The summed E-state index contributed by atoms with van der Waals surface area (Å²) in [5.74, 6) is 0. The summed E-state index contributed by atoms with van der Waals surface area (Å²) in [4.78, 5) is 10.5. The highest BCUT2D eigenvalue weighted by molar-refractivity contribution is 7.90. The first-order valence-electron chi connectivity index (χ1n) is 4.27. The molecule has 1 rings (SSSR count). The van der Waals surface area contributed by atoms with E-state index in [-0.39, 0.29) is 0 Å². The molecule has 0 aliphatic rings. The maximum Gasteiger partial charge on any atom is 0.175 e. The maximum absolute atomic E-state index is 11.3. The second kappa shape index (κ2) is 4.37. The van der Waals surface area contributed by atoms with Crippen LogP contribution in [0, 0.1) is 0 Å². The van der Waals surface area contributed by atoms with Crippen LogP contribution >= 0.6 is 0 Å². The smallest absolute Gasteiger partial charge is 0.175 e. The minimum Gasteiger partial charge on any atom is -0.303 e. The first-order valence-corrected chi connectivity index (χ1v) is 6.16. The number of aryl methyl sites for hydroxylation is 1. The third-order valence-electron chi connectivity index (χ3n) is 1.90. The summed E-state index contributed by atoms with van der Waals surface area (Å²) in [6, 6.07) is 6.75. The SMILES string of the molecule is CS(=O)(=O)c1ccccc1CCC=O. The van der Waals surface area contributed by atoms with Crippen LogP contribution in [0.15, 0.2) is 29.2 Å². The van der Waals surface area contributed by atoms with Crippen molar-refractivity contribution in [1.82, 2.24) is 0 Å². The molecule has 4 heteroatoms. The van der Waals surface area contributed by atoms with Gasteiger partial charge in [-0.2, -0.15) is 0 Å². The fraction of sp³-hybridized carbons (Fsp3) is 0.300. The zero-order chi connectivity index (χ0) is 10.6. The first-order chi connectivity index (χ1) is 6.55. The Hall–Kier alpha value is -1.16. The van der Waals surface area contributed by atoms with Crippen molar-refractivity contribution in [1.29, 1.82) is 0 Å². The predicted molar refractivity (Wildman–Crippen MR) is 53.9 cm³/mol. The van der Waals surface area contributed by atoms with E-state index < -0.39 is 9.84 Å². The molecule has 0 fully saturated rings. The molecule has 0 N–H and O–H groups in total. The predicted octanol–water partition coefficient (Wildman–Crippen LogP) is 1.22. The zero-order valence-electron chi connectivity index (χ0n) is 7.93. The van der Waals surface area contributed by atoms with Gasteiger partial charge in [-0.05, 0) is 18.1 Å². The number of benzene rings is 1. The Morgan fingerprint density at radius 1 is 1.29 bits per heavy atom. The van der Waals surface area contributed by atoms with Crippen LogP contribution in [-0.4, -0.2) is 21.0 Å². The molecule has 0 amide bonds. The Bertz CT molecular complexity index is 421. The number of hydrogen-bond acceptors (Lipinski definition) is 3. The molecule has 14 heavy (non-hydrogen) atoms. The highest BCUT2D eigenvalue weighted by atomic mass is 32.2. The average molecular weight is 212 g/mol. The molecule has 0 spiro atoms. The lowest BCUT2D eigenvalue weighted by Gasteiger charge is -2.05. The Labute approximate surface area is 83.7 Å². The van der Waals surface area contributed by atoms with Gasteiger partial charge in [0.15, 0.2) is 9.84 Å². The van der Waals surface area contributed by atoms with E-state index in [0.29, 0.717) is 23.3 Å². The van der Waals surface area contributed by atoms with Crippen molar-refractivity contribution in [2.24, 2.45) is 0 Å². The van der Waals surface area contributed by atoms with Gasteiger partial charge >= 0.3 is 0 Å². The number of hydrogen-bond donors (Lipinski definition) is 0. The van der Waals surface area contributed by atoms with E-state index >= 15 is 0 Å². The quantitative estimate of drug-likeness (QED) is 0.705. The van der Waals surface area contributed by atoms with Crippen molar-refractivity contribution < 1.29 is 13.2 Å². The fourth-order valence-corrected chi connectivity index (χ4v) is 2.26. The summed E-state index contributed by atoms with van der Waals surface area (Å²) < 4.78 is 22.7. The minimum absolute atomic E-state index is 0.321. The topological polar surface area (TPSA) is 51.2 Å². The molecular formula is C10H12O3S. The van der Waals surface area contributed by atoms with Crippen LogP contribution in [0.1, 0.15) is 12.0 Å². The van der Waals surface area contributed by atoms with E-state index in [9.17, 15) is 13.2 Å². The molecule has 0 atom stereocenters. The molecule has 0 saturated heterocycles. The molecule has 0 aromatic heterocycles. The van der Waals surface area contributed by atoms with Gasteiger partial charge in [0.2, 0.25) is 0 Å². The first kappa shape index (κ1) is 10.9. The Kier molecular flexibility index (Phi) is 3.41. The molecule has 3 nitrogen and oxygen atoms in total. The van der Waals surface area contributed by atoms with Crippen molar-refractivity contribution in [2.75, 3.05) is 6.26 Å². The van der Waals surface area contributed by atoms with Crippen LogP contribution < -0.4 is 0 Å². The van der Waals surface area contributed by atoms with Crippen LogP contribution in [0.3, 0.4) is 0 Å². The van der Waals surface area contributed by atoms with Gasteiger partial charge in [0.1, 0.15) is 6.29 Å². The second-order valence-corrected chi connectivity index (χ2v) is 5.07. The van der Waals surface area contributed by atoms with Crippen LogP contribution in [0.25, 0.3) is 0 Å². The van der Waals surface area contributed by atoms with Gasteiger partial charge in [0.25, 0.3) is 0 Å². The molecule has 76 valence electrons. The number of rotatable bonds is 4. The number of aldehydes is 1. The van der Waals surface area contributed by atoms with E-state index in [1.54, 1.807) is 24.3 Å². The molecule has 0 aliphatic carbocycles. The largest absolute Gasteiger partial charge is 0.303 e. The fourth-order valence-electron chi connectivity index (χ4n) is 1.29. The van der Waals surface area contributed by atoms with E-state index in [1.807, 2.05) is 0 Å². The van der Waals surface area contributed by atoms with E-state index in [2.05, 4.69) is 0 Å². The lowest BCUT2D eigenvalue weighted by atomic mass is 10.1. The number of sulfone groups is 1. The molecule has 0 bridgehead atoms. The zero-order valence-corrected chi connectivity index (χ0v) is 8.75. The van der Waals surface area contributed by atoms with E-state index in [1.165, 1.54) is 6.26 Å². The van der Waals surface area contributed by atoms with Crippen molar-refractivity contribution in [3.8, 4) is 0 Å². The lowest BCUT2D eigenvalue weighted by Crippen LogP contribution is -2.02. The molecule has 0 radical (unpaired) electrons. The van der Waals surface area contributed by atoms with E-state index in [4.69, 9.17) is 0 Å². The summed E-state index contributed by atoms with van der Waals surface area (Å²) in [5, 5.41) is 0. The number of carbonyl (C=O) groups excluding carboxylic acids is 1. The molecule has 0 saturated carbocycles.